The van der Waals surface area contributed by atoms with E-state index in [1.807, 2.05) is 30.7 Å². The van der Waals surface area contributed by atoms with Gasteiger partial charge in [0.15, 0.2) is 17.1 Å². The first kappa shape index (κ1) is 22.7. The summed E-state index contributed by atoms with van der Waals surface area (Å²) in [4.78, 5) is 25.1. The van der Waals surface area contributed by atoms with Gasteiger partial charge >= 0.3 is 0 Å². The summed E-state index contributed by atoms with van der Waals surface area (Å²) in [5.74, 6) is -0.135. The van der Waals surface area contributed by atoms with Crippen molar-refractivity contribution in [1.29, 1.82) is 0 Å². The molecule has 1 atom stereocenters. The maximum atomic E-state index is 16.0. The Morgan fingerprint density at radius 1 is 1.16 bits per heavy atom. The number of H-pyrrole nitrogens is 2. The quantitative estimate of drug-likeness (QED) is 0.240. The van der Waals surface area contributed by atoms with Crippen molar-refractivity contribution in [2.24, 2.45) is 0 Å². The fraction of sp³-hybridized carbons (Fsp3) is 0.200. The molecule has 0 aliphatic heterocycles. The summed E-state index contributed by atoms with van der Waals surface area (Å²) in [6.07, 6.45) is 10.5. The summed E-state index contributed by atoms with van der Waals surface area (Å²) in [6, 6.07) is 3.57. The number of anilines is 1. The van der Waals surface area contributed by atoms with Crippen molar-refractivity contribution in [3.63, 3.8) is 0 Å². The zero-order chi connectivity index (χ0) is 25.5. The Morgan fingerprint density at radius 3 is 2.86 bits per heavy atom. The second-order valence-electron chi connectivity index (χ2n) is 8.73. The Hall–Kier alpha value is -4.71. The van der Waals surface area contributed by atoms with Crippen LogP contribution in [0.15, 0.2) is 49.4 Å². The molecule has 0 fully saturated rings. The third kappa shape index (κ3) is 4.06. The molecule has 0 aromatic carbocycles. The maximum Gasteiger partial charge on any atom is 0.184 e. The molecule has 11 nitrogen and oxygen atoms in total. The van der Waals surface area contributed by atoms with Gasteiger partial charge in [0, 0.05) is 35.9 Å². The van der Waals surface area contributed by atoms with E-state index in [-0.39, 0.29) is 16.6 Å². The lowest BCUT2D eigenvalue weighted by molar-refractivity contribution is 0.192. The van der Waals surface area contributed by atoms with Gasteiger partial charge in [0.1, 0.15) is 23.3 Å². The van der Waals surface area contributed by atoms with Gasteiger partial charge in [-0.2, -0.15) is 5.10 Å². The van der Waals surface area contributed by atoms with Crippen molar-refractivity contribution in [1.82, 2.24) is 44.7 Å². The normalized spacial score (nSPS) is 12.4. The Balaban J connectivity index is 1.44. The zero-order valence-corrected chi connectivity index (χ0v) is 20.1. The molecule has 0 saturated heterocycles. The van der Waals surface area contributed by atoms with E-state index in [1.165, 1.54) is 6.20 Å². The average molecular weight is 499 g/mol. The van der Waals surface area contributed by atoms with Crippen LogP contribution in [0.25, 0.3) is 50.5 Å². The van der Waals surface area contributed by atoms with Crippen molar-refractivity contribution < 1.29 is 9.50 Å². The number of halogens is 1. The molecule has 0 spiro atoms. The molecule has 37 heavy (non-hydrogen) atoms. The molecular weight excluding hydrogens is 475 g/mol. The van der Waals surface area contributed by atoms with E-state index in [4.69, 9.17) is 0 Å². The van der Waals surface area contributed by atoms with Gasteiger partial charge in [-0.25, -0.2) is 24.3 Å². The zero-order valence-electron chi connectivity index (χ0n) is 20.1. The highest BCUT2D eigenvalue weighted by molar-refractivity contribution is 5.94. The fourth-order valence-corrected chi connectivity index (χ4v) is 4.31. The molecule has 4 N–H and O–H groups in total. The molecule has 0 amide bonds. The number of aryl methyl sites for hydroxylation is 1. The molecule has 6 heterocycles. The third-order valence-corrected chi connectivity index (χ3v) is 6.06. The standard InChI is InChI=1S/C25H23FN10O/c1-3-4-18(37)31-15-7-14(8-27-9-15)16-10-29-23-19(20(16)26)22(34-35-23)25-32-21-17(5-6-28-24(21)33-25)36-11-13(2)30-12-36/h5-12,18,31,37H,3-4H2,1-2H3,(H,28,32,33)(H,29,34,35). The highest BCUT2D eigenvalue weighted by Crippen LogP contribution is 2.33. The van der Waals surface area contributed by atoms with Gasteiger partial charge in [-0.15, -0.1) is 0 Å². The highest BCUT2D eigenvalue weighted by Gasteiger charge is 2.21. The molecule has 0 saturated carbocycles. The number of nitrogens with zero attached hydrogens (tertiary/aromatic N) is 7. The summed E-state index contributed by atoms with van der Waals surface area (Å²) in [7, 11) is 0. The van der Waals surface area contributed by atoms with E-state index >= 15 is 4.39 Å². The van der Waals surface area contributed by atoms with E-state index in [1.54, 1.807) is 31.0 Å². The van der Waals surface area contributed by atoms with Gasteiger partial charge in [-0.3, -0.25) is 10.1 Å². The number of fused-ring (bicyclic) bond motifs is 2. The number of hydrogen-bond acceptors (Lipinski definition) is 8. The van der Waals surface area contributed by atoms with Crippen LogP contribution in [0.1, 0.15) is 25.5 Å². The van der Waals surface area contributed by atoms with Crippen molar-refractivity contribution in [3.8, 4) is 28.3 Å². The van der Waals surface area contributed by atoms with E-state index in [0.717, 1.165) is 17.8 Å². The Kier molecular flexibility index (Phi) is 5.57. The lowest BCUT2D eigenvalue weighted by Gasteiger charge is -2.13. The Morgan fingerprint density at radius 2 is 2.05 bits per heavy atom. The minimum Gasteiger partial charge on any atom is -0.374 e. The van der Waals surface area contributed by atoms with E-state index in [2.05, 4.69) is 45.4 Å². The minimum atomic E-state index is -0.717. The van der Waals surface area contributed by atoms with Gasteiger partial charge in [0.25, 0.3) is 0 Å². The van der Waals surface area contributed by atoms with Gasteiger partial charge in [0.2, 0.25) is 0 Å². The largest absolute Gasteiger partial charge is 0.374 e. The second-order valence-corrected chi connectivity index (χ2v) is 8.73. The molecule has 0 radical (unpaired) electrons. The van der Waals surface area contributed by atoms with E-state index in [0.29, 0.717) is 40.4 Å². The molecule has 6 aromatic heterocycles. The molecular formula is C25H23FN10O. The van der Waals surface area contributed by atoms with Crippen molar-refractivity contribution >= 4 is 27.9 Å². The minimum absolute atomic E-state index is 0.195. The number of aromatic amines is 2. The van der Waals surface area contributed by atoms with Gasteiger partial charge in [-0.1, -0.05) is 13.3 Å². The van der Waals surface area contributed by atoms with Gasteiger partial charge in [-0.05, 0) is 25.5 Å². The van der Waals surface area contributed by atoms with Gasteiger partial charge < -0.3 is 20.0 Å². The van der Waals surface area contributed by atoms with Crippen molar-refractivity contribution in [2.75, 3.05) is 5.32 Å². The summed E-state index contributed by atoms with van der Waals surface area (Å²) < 4.78 is 17.9. The first-order valence-corrected chi connectivity index (χ1v) is 11.8. The number of aliphatic hydroxyl groups is 1. The molecule has 0 aliphatic rings. The first-order chi connectivity index (χ1) is 18.0. The fourth-order valence-electron chi connectivity index (χ4n) is 4.31. The molecule has 12 heteroatoms. The number of aliphatic hydroxyl groups excluding tert-OH is 1. The number of imidazole rings is 2. The summed E-state index contributed by atoms with van der Waals surface area (Å²) >= 11 is 0. The smallest absolute Gasteiger partial charge is 0.184 e. The number of hydrogen-bond donors (Lipinski definition) is 4. The third-order valence-electron chi connectivity index (χ3n) is 6.06. The van der Waals surface area contributed by atoms with Crippen LogP contribution < -0.4 is 5.32 Å². The monoisotopic (exact) mass is 498 g/mol. The van der Waals surface area contributed by atoms with Crippen LogP contribution in [0.5, 0.6) is 0 Å². The number of pyridine rings is 3. The average Bonchev–Trinajstić information content (AvgIpc) is 3.62. The van der Waals surface area contributed by atoms with Crippen LogP contribution in [0, 0.1) is 12.7 Å². The predicted octanol–water partition coefficient (Wildman–Crippen LogP) is 4.12. The lowest BCUT2D eigenvalue weighted by Crippen LogP contribution is -2.18. The van der Waals surface area contributed by atoms with Crippen LogP contribution in [0.2, 0.25) is 0 Å². The Bertz CT molecular complexity index is 1740. The SMILES string of the molecule is CCCC(O)Nc1cncc(-c2cnc3n[nH]c(-c4nc5nccc(-n6cnc(C)c6)c5[nH]4)c3c2F)c1. The molecule has 6 rings (SSSR count). The summed E-state index contributed by atoms with van der Waals surface area (Å²) in [5.41, 5.74) is 4.75. The van der Waals surface area contributed by atoms with Crippen LogP contribution in [0.3, 0.4) is 0 Å². The van der Waals surface area contributed by atoms with Crippen molar-refractivity contribution in [3.05, 3.63) is 61.0 Å². The van der Waals surface area contributed by atoms with E-state index < -0.39 is 12.0 Å². The maximum absolute atomic E-state index is 16.0. The molecule has 0 bridgehead atoms. The molecule has 1 unspecified atom stereocenters. The topological polar surface area (TPSA) is 146 Å². The molecule has 6 aromatic rings. The van der Waals surface area contributed by atoms with Crippen LogP contribution in [-0.2, 0) is 0 Å². The second kappa shape index (κ2) is 9.06. The highest BCUT2D eigenvalue weighted by atomic mass is 19.1. The van der Waals surface area contributed by atoms with Crippen LogP contribution in [-0.4, -0.2) is 56.0 Å². The number of rotatable bonds is 7. The van der Waals surface area contributed by atoms with Crippen molar-refractivity contribution in [2.45, 2.75) is 32.9 Å². The summed E-state index contributed by atoms with van der Waals surface area (Å²) in [6.45, 7) is 3.89. The van der Waals surface area contributed by atoms with Crippen LogP contribution in [0.4, 0.5) is 10.1 Å². The first-order valence-electron chi connectivity index (χ1n) is 11.8. The lowest BCUT2D eigenvalue weighted by atomic mass is 10.1. The number of nitrogens with one attached hydrogen (secondary N) is 3. The van der Waals surface area contributed by atoms with E-state index in [9.17, 15) is 5.11 Å². The summed E-state index contributed by atoms with van der Waals surface area (Å²) in [5, 5.41) is 20.3. The molecule has 0 aliphatic carbocycles. The Labute approximate surface area is 209 Å². The molecule has 186 valence electrons. The van der Waals surface area contributed by atoms with Crippen LogP contribution >= 0.6 is 0 Å². The predicted molar refractivity (Wildman–Crippen MR) is 136 cm³/mol. The van der Waals surface area contributed by atoms with Gasteiger partial charge in [0.05, 0.1) is 35.0 Å². The number of aromatic nitrogens is 9.